The van der Waals surface area contributed by atoms with E-state index < -0.39 is 0 Å². The van der Waals surface area contributed by atoms with Crippen molar-refractivity contribution in [2.75, 3.05) is 18.0 Å². The Balaban J connectivity index is 1.97. The molecule has 0 radical (unpaired) electrons. The maximum Gasteiger partial charge on any atom is 0.224 e. The Morgan fingerprint density at radius 1 is 1.15 bits per heavy atom. The number of amides is 2. The molecular formula is C21H25FN2O3. The van der Waals surface area contributed by atoms with E-state index in [2.05, 4.69) is 5.32 Å². The lowest BCUT2D eigenvalue weighted by Crippen LogP contribution is -2.38. The fourth-order valence-corrected chi connectivity index (χ4v) is 2.68. The standard InChI is InChI=1S/C21H25FN2O3/c1-15(2)27-20-10-5-4-9-19(20)24(16(3)25)12-11-23-21(26)14-17-7-6-8-18(22)13-17/h4-10,13,15H,11-12,14H2,1-3H3,(H,23,26). The minimum absolute atomic E-state index is 0.0223. The first-order valence-corrected chi connectivity index (χ1v) is 8.91. The van der Waals surface area contributed by atoms with Crippen molar-refractivity contribution >= 4 is 17.5 Å². The van der Waals surface area contributed by atoms with Gasteiger partial charge in [-0.1, -0.05) is 24.3 Å². The highest BCUT2D eigenvalue weighted by atomic mass is 19.1. The van der Waals surface area contributed by atoms with E-state index in [0.717, 1.165) is 0 Å². The number of carbonyl (C=O) groups excluding carboxylic acids is 2. The van der Waals surface area contributed by atoms with E-state index in [4.69, 9.17) is 4.74 Å². The third kappa shape index (κ3) is 6.40. The van der Waals surface area contributed by atoms with Gasteiger partial charge in [0.05, 0.1) is 18.2 Å². The van der Waals surface area contributed by atoms with Crippen LogP contribution in [0, 0.1) is 5.82 Å². The van der Waals surface area contributed by atoms with Crippen LogP contribution in [0.1, 0.15) is 26.3 Å². The van der Waals surface area contributed by atoms with Gasteiger partial charge in [-0.05, 0) is 43.7 Å². The van der Waals surface area contributed by atoms with Crippen molar-refractivity contribution in [3.05, 3.63) is 59.9 Å². The van der Waals surface area contributed by atoms with Crippen LogP contribution in [0.2, 0.25) is 0 Å². The monoisotopic (exact) mass is 372 g/mol. The number of nitrogens with zero attached hydrogens (tertiary/aromatic N) is 1. The molecule has 27 heavy (non-hydrogen) atoms. The summed E-state index contributed by atoms with van der Waals surface area (Å²) in [5, 5.41) is 2.77. The van der Waals surface area contributed by atoms with E-state index in [9.17, 15) is 14.0 Å². The van der Waals surface area contributed by atoms with Crippen molar-refractivity contribution in [3.8, 4) is 5.75 Å². The summed E-state index contributed by atoms with van der Waals surface area (Å²) in [5.74, 6) is -0.122. The largest absolute Gasteiger partial charge is 0.489 e. The maximum atomic E-state index is 13.2. The average Bonchev–Trinajstić information content (AvgIpc) is 2.59. The fraction of sp³-hybridized carbons (Fsp3) is 0.333. The van der Waals surface area contributed by atoms with Gasteiger partial charge in [0.15, 0.2) is 0 Å². The van der Waals surface area contributed by atoms with Gasteiger partial charge >= 0.3 is 0 Å². The molecule has 0 aliphatic heterocycles. The molecule has 6 heteroatoms. The van der Waals surface area contributed by atoms with Crippen molar-refractivity contribution in [2.45, 2.75) is 33.3 Å². The fourth-order valence-electron chi connectivity index (χ4n) is 2.68. The molecule has 0 heterocycles. The molecule has 2 amide bonds. The summed E-state index contributed by atoms with van der Waals surface area (Å²) in [6, 6.07) is 13.2. The number of benzene rings is 2. The number of nitrogens with one attached hydrogen (secondary N) is 1. The summed E-state index contributed by atoms with van der Waals surface area (Å²) in [5.41, 5.74) is 1.27. The third-order valence-corrected chi connectivity index (χ3v) is 3.81. The lowest BCUT2D eigenvalue weighted by atomic mass is 10.1. The second kappa shape index (κ2) is 9.71. The zero-order valence-corrected chi connectivity index (χ0v) is 15.9. The molecule has 0 saturated carbocycles. The van der Waals surface area contributed by atoms with Gasteiger partial charge in [0.25, 0.3) is 0 Å². The highest BCUT2D eigenvalue weighted by Crippen LogP contribution is 2.28. The molecule has 144 valence electrons. The Labute approximate surface area is 159 Å². The van der Waals surface area contributed by atoms with Gasteiger partial charge in [0, 0.05) is 20.0 Å². The Hall–Kier alpha value is -2.89. The van der Waals surface area contributed by atoms with E-state index in [1.807, 2.05) is 38.1 Å². The van der Waals surface area contributed by atoms with Gasteiger partial charge in [0.2, 0.25) is 11.8 Å². The number of hydrogen-bond acceptors (Lipinski definition) is 3. The van der Waals surface area contributed by atoms with Crippen LogP contribution < -0.4 is 15.0 Å². The molecule has 0 aromatic heterocycles. The summed E-state index contributed by atoms with van der Waals surface area (Å²) in [4.78, 5) is 25.7. The second-order valence-electron chi connectivity index (χ2n) is 6.46. The predicted molar refractivity (Wildman–Crippen MR) is 103 cm³/mol. The van der Waals surface area contributed by atoms with Gasteiger partial charge < -0.3 is 15.0 Å². The van der Waals surface area contributed by atoms with E-state index >= 15 is 0 Å². The summed E-state index contributed by atoms with van der Waals surface area (Å²) < 4.78 is 19.0. The van der Waals surface area contributed by atoms with Crippen LogP contribution in [0.3, 0.4) is 0 Å². The lowest BCUT2D eigenvalue weighted by molar-refractivity contribution is -0.121. The predicted octanol–water partition coefficient (Wildman–Crippen LogP) is 3.32. The summed E-state index contributed by atoms with van der Waals surface area (Å²) in [7, 11) is 0. The molecule has 0 fully saturated rings. The van der Waals surface area contributed by atoms with E-state index in [-0.39, 0.29) is 36.7 Å². The average molecular weight is 372 g/mol. The van der Waals surface area contributed by atoms with Gasteiger partial charge in [-0.15, -0.1) is 0 Å². The van der Waals surface area contributed by atoms with Crippen LogP contribution in [0.15, 0.2) is 48.5 Å². The third-order valence-electron chi connectivity index (χ3n) is 3.81. The van der Waals surface area contributed by atoms with Crippen LogP contribution in [0.25, 0.3) is 0 Å². The Morgan fingerprint density at radius 3 is 2.56 bits per heavy atom. The SMILES string of the molecule is CC(=O)N(CCNC(=O)Cc1cccc(F)c1)c1ccccc1OC(C)C. The van der Waals surface area contributed by atoms with E-state index in [1.54, 1.807) is 17.0 Å². The highest BCUT2D eigenvalue weighted by Gasteiger charge is 2.17. The lowest BCUT2D eigenvalue weighted by Gasteiger charge is -2.24. The molecular weight excluding hydrogens is 347 g/mol. The number of halogens is 1. The molecule has 5 nitrogen and oxygen atoms in total. The van der Waals surface area contributed by atoms with Crippen LogP contribution in [-0.4, -0.2) is 31.0 Å². The molecule has 0 unspecified atom stereocenters. The second-order valence-corrected chi connectivity index (χ2v) is 6.46. The van der Waals surface area contributed by atoms with Crippen molar-refractivity contribution in [1.29, 1.82) is 0 Å². The van der Waals surface area contributed by atoms with Crippen LogP contribution in [-0.2, 0) is 16.0 Å². The maximum absolute atomic E-state index is 13.2. The first kappa shape index (κ1) is 20.4. The molecule has 0 bridgehead atoms. The molecule has 1 N–H and O–H groups in total. The Bertz CT molecular complexity index is 793. The van der Waals surface area contributed by atoms with E-state index in [1.165, 1.54) is 19.1 Å². The van der Waals surface area contributed by atoms with Crippen molar-refractivity contribution < 1.29 is 18.7 Å². The van der Waals surface area contributed by atoms with Gasteiger partial charge in [-0.3, -0.25) is 9.59 Å². The van der Waals surface area contributed by atoms with Crippen molar-refractivity contribution in [1.82, 2.24) is 5.32 Å². The van der Waals surface area contributed by atoms with E-state index in [0.29, 0.717) is 23.5 Å². The molecule has 0 aliphatic rings. The first-order valence-electron chi connectivity index (χ1n) is 8.91. The van der Waals surface area contributed by atoms with Crippen molar-refractivity contribution in [3.63, 3.8) is 0 Å². The molecule has 2 rings (SSSR count). The van der Waals surface area contributed by atoms with Gasteiger partial charge in [-0.25, -0.2) is 4.39 Å². The van der Waals surface area contributed by atoms with Crippen LogP contribution >= 0.6 is 0 Å². The minimum Gasteiger partial charge on any atom is -0.489 e. The molecule has 0 aliphatic carbocycles. The molecule has 0 atom stereocenters. The molecule has 0 spiro atoms. The van der Waals surface area contributed by atoms with Crippen molar-refractivity contribution in [2.24, 2.45) is 0 Å². The quantitative estimate of drug-likeness (QED) is 0.773. The number of hydrogen-bond donors (Lipinski definition) is 1. The molecule has 2 aromatic rings. The summed E-state index contributed by atoms with van der Waals surface area (Å²) >= 11 is 0. The zero-order chi connectivity index (χ0) is 19.8. The molecule has 2 aromatic carbocycles. The minimum atomic E-state index is -0.371. The Kier molecular flexibility index (Phi) is 7.34. The molecule has 0 saturated heterocycles. The number of anilines is 1. The highest BCUT2D eigenvalue weighted by molar-refractivity contribution is 5.93. The Morgan fingerprint density at radius 2 is 1.89 bits per heavy atom. The number of para-hydroxylation sites is 2. The van der Waals surface area contributed by atoms with Crippen LogP contribution in [0.5, 0.6) is 5.75 Å². The number of carbonyl (C=O) groups is 2. The number of rotatable bonds is 8. The van der Waals surface area contributed by atoms with Crippen LogP contribution in [0.4, 0.5) is 10.1 Å². The number of ether oxygens (including phenoxy) is 1. The van der Waals surface area contributed by atoms with Gasteiger partial charge in [-0.2, -0.15) is 0 Å². The first-order chi connectivity index (χ1) is 12.9. The topological polar surface area (TPSA) is 58.6 Å². The zero-order valence-electron chi connectivity index (χ0n) is 15.9. The normalized spacial score (nSPS) is 10.6. The summed E-state index contributed by atoms with van der Waals surface area (Å²) in [6.45, 7) is 5.90. The van der Waals surface area contributed by atoms with Gasteiger partial charge in [0.1, 0.15) is 11.6 Å². The summed E-state index contributed by atoms with van der Waals surface area (Å²) in [6.07, 6.45) is 0.0659. The smallest absolute Gasteiger partial charge is 0.224 e.